The third kappa shape index (κ3) is 3.02. The highest BCUT2D eigenvalue weighted by atomic mass is 16.1. The zero-order chi connectivity index (χ0) is 9.90. The summed E-state index contributed by atoms with van der Waals surface area (Å²) in [7, 11) is 0. The van der Waals surface area contributed by atoms with Gasteiger partial charge in [0.15, 0.2) is 0 Å². The van der Waals surface area contributed by atoms with E-state index in [2.05, 4.69) is 19.2 Å². The standard InChI is InChI=1S/C11H21NO/c1-4-12-10(13)9-6-5-7-11(2,3)8-9/h9H,4-8H2,1-3H3,(H,12,13). The summed E-state index contributed by atoms with van der Waals surface area (Å²) in [4.78, 5) is 11.6. The van der Waals surface area contributed by atoms with Crippen LogP contribution in [0, 0.1) is 11.3 Å². The van der Waals surface area contributed by atoms with Gasteiger partial charge in [-0.05, 0) is 31.6 Å². The normalized spacial score (nSPS) is 26.8. The minimum absolute atomic E-state index is 0.260. The minimum atomic E-state index is 0.260. The van der Waals surface area contributed by atoms with Crippen molar-refractivity contribution in [1.29, 1.82) is 0 Å². The molecule has 0 heterocycles. The van der Waals surface area contributed by atoms with E-state index in [-0.39, 0.29) is 11.8 Å². The molecule has 0 aromatic carbocycles. The Morgan fingerprint density at radius 2 is 2.23 bits per heavy atom. The van der Waals surface area contributed by atoms with E-state index in [1.807, 2.05) is 6.92 Å². The molecule has 0 aromatic heterocycles. The van der Waals surface area contributed by atoms with E-state index in [4.69, 9.17) is 0 Å². The molecule has 76 valence electrons. The predicted molar refractivity (Wildman–Crippen MR) is 54.4 cm³/mol. The third-order valence-electron chi connectivity index (χ3n) is 2.93. The Balaban J connectivity index is 2.47. The highest BCUT2D eigenvalue weighted by Crippen LogP contribution is 2.38. The Kier molecular flexibility index (Phi) is 3.34. The average Bonchev–Trinajstić information content (AvgIpc) is 2.03. The number of hydrogen-bond acceptors (Lipinski definition) is 1. The molecule has 1 amide bonds. The summed E-state index contributed by atoms with van der Waals surface area (Å²) in [5.41, 5.74) is 0.369. The van der Waals surface area contributed by atoms with Crippen molar-refractivity contribution in [2.24, 2.45) is 11.3 Å². The van der Waals surface area contributed by atoms with Gasteiger partial charge in [0.1, 0.15) is 0 Å². The monoisotopic (exact) mass is 183 g/mol. The van der Waals surface area contributed by atoms with Crippen molar-refractivity contribution in [1.82, 2.24) is 5.32 Å². The molecule has 1 aliphatic carbocycles. The molecule has 0 saturated heterocycles. The molecule has 0 aromatic rings. The van der Waals surface area contributed by atoms with Crippen LogP contribution < -0.4 is 5.32 Å². The largest absolute Gasteiger partial charge is 0.356 e. The molecule has 1 fully saturated rings. The van der Waals surface area contributed by atoms with Gasteiger partial charge >= 0.3 is 0 Å². The maximum atomic E-state index is 11.6. The number of carbonyl (C=O) groups is 1. The lowest BCUT2D eigenvalue weighted by Crippen LogP contribution is -2.35. The predicted octanol–water partition coefficient (Wildman–Crippen LogP) is 2.34. The van der Waals surface area contributed by atoms with E-state index in [1.54, 1.807) is 0 Å². The Bertz CT molecular complexity index is 187. The third-order valence-corrected chi connectivity index (χ3v) is 2.93. The van der Waals surface area contributed by atoms with Crippen molar-refractivity contribution >= 4 is 5.91 Å². The number of carbonyl (C=O) groups excluding carboxylic acids is 1. The first kappa shape index (κ1) is 10.6. The van der Waals surface area contributed by atoms with E-state index in [1.165, 1.54) is 12.8 Å². The number of rotatable bonds is 2. The van der Waals surface area contributed by atoms with Crippen LogP contribution in [0.5, 0.6) is 0 Å². The maximum absolute atomic E-state index is 11.6. The van der Waals surface area contributed by atoms with Gasteiger partial charge in [-0.2, -0.15) is 0 Å². The van der Waals surface area contributed by atoms with E-state index >= 15 is 0 Å². The molecule has 1 rings (SSSR count). The molecule has 0 bridgehead atoms. The summed E-state index contributed by atoms with van der Waals surface area (Å²) in [5.74, 6) is 0.527. The fourth-order valence-electron chi connectivity index (χ4n) is 2.24. The molecular formula is C11H21NO. The van der Waals surface area contributed by atoms with Crippen molar-refractivity contribution in [3.8, 4) is 0 Å². The van der Waals surface area contributed by atoms with Crippen LogP contribution in [-0.2, 0) is 4.79 Å². The van der Waals surface area contributed by atoms with Crippen molar-refractivity contribution in [3.05, 3.63) is 0 Å². The van der Waals surface area contributed by atoms with Crippen LogP contribution in [0.4, 0.5) is 0 Å². The zero-order valence-corrected chi connectivity index (χ0v) is 9.02. The van der Waals surface area contributed by atoms with E-state index in [9.17, 15) is 4.79 Å². The first-order valence-corrected chi connectivity index (χ1v) is 5.33. The number of amides is 1. The molecule has 1 saturated carbocycles. The Morgan fingerprint density at radius 3 is 2.77 bits per heavy atom. The van der Waals surface area contributed by atoms with Crippen LogP contribution in [0.15, 0.2) is 0 Å². The average molecular weight is 183 g/mol. The highest BCUT2D eigenvalue weighted by Gasteiger charge is 2.31. The van der Waals surface area contributed by atoms with Gasteiger partial charge < -0.3 is 5.32 Å². The molecule has 0 radical (unpaired) electrons. The molecule has 1 unspecified atom stereocenters. The SMILES string of the molecule is CCNC(=O)C1CCCC(C)(C)C1. The van der Waals surface area contributed by atoms with Gasteiger partial charge in [0.05, 0.1) is 0 Å². The lowest BCUT2D eigenvalue weighted by Gasteiger charge is -2.34. The maximum Gasteiger partial charge on any atom is 0.223 e. The number of hydrogen-bond donors (Lipinski definition) is 1. The van der Waals surface area contributed by atoms with Crippen molar-refractivity contribution in [2.75, 3.05) is 6.54 Å². The van der Waals surface area contributed by atoms with Crippen LogP contribution in [0.3, 0.4) is 0 Å². The van der Waals surface area contributed by atoms with Gasteiger partial charge in [0.2, 0.25) is 5.91 Å². The van der Waals surface area contributed by atoms with E-state index < -0.39 is 0 Å². The Hall–Kier alpha value is -0.530. The topological polar surface area (TPSA) is 29.1 Å². The smallest absolute Gasteiger partial charge is 0.223 e. The fourth-order valence-corrected chi connectivity index (χ4v) is 2.24. The second kappa shape index (κ2) is 4.12. The first-order chi connectivity index (χ1) is 6.05. The second-order valence-electron chi connectivity index (χ2n) is 4.85. The lowest BCUT2D eigenvalue weighted by molar-refractivity contribution is -0.127. The van der Waals surface area contributed by atoms with Gasteiger partial charge in [0, 0.05) is 12.5 Å². The van der Waals surface area contributed by atoms with Crippen LogP contribution in [0.2, 0.25) is 0 Å². The first-order valence-electron chi connectivity index (χ1n) is 5.33. The molecular weight excluding hydrogens is 162 g/mol. The van der Waals surface area contributed by atoms with Gasteiger partial charge in [-0.25, -0.2) is 0 Å². The Labute approximate surface area is 81.1 Å². The molecule has 13 heavy (non-hydrogen) atoms. The molecule has 1 aliphatic rings. The van der Waals surface area contributed by atoms with Gasteiger partial charge in [-0.3, -0.25) is 4.79 Å². The van der Waals surface area contributed by atoms with Gasteiger partial charge in [-0.15, -0.1) is 0 Å². The summed E-state index contributed by atoms with van der Waals surface area (Å²) in [6.07, 6.45) is 4.60. The molecule has 0 aliphatic heterocycles. The molecule has 1 N–H and O–H groups in total. The van der Waals surface area contributed by atoms with Crippen molar-refractivity contribution in [3.63, 3.8) is 0 Å². The highest BCUT2D eigenvalue weighted by molar-refractivity contribution is 5.78. The zero-order valence-electron chi connectivity index (χ0n) is 9.02. The van der Waals surface area contributed by atoms with Crippen LogP contribution in [-0.4, -0.2) is 12.5 Å². The van der Waals surface area contributed by atoms with E-state index in [0.717, 1.165) is 19.4 Å². The molecule has 1 atom stereocenters. The quantitative estimate of drug-likeness (QED) is 0.699. The summed E-state index contributed by atoms with van der Waals surface area (Å²) < 4.78 is 0. The number of nitrogens with one attached hydrogen (secondary N) is 1. The molecule has 0 spiro atoms. The van der Waals surface area contributed by atoms with Crippen LogP contribution in [0.25, 0.3) is 0 Å². The molecule has 2 nitrogen and oxygen atoms in total. The summed E-state index contributed by atoms with van der Waals surface area (Å²) in [6.45, 7) is 7.26. The summed E-state index contributed by atoms with van der Waals surface area (Å²) in [6, 6.07) is 0. The van der Waals surface area contributed by atoms with Crippen LogP contribution >= 0.6 is 0 Å². The van der Waals surface area contributed by atoms with Crippen molar-refractivity contribution in [2.45, 2.75) is 46.5 Å². The van der Waals surface area contributed by atoms with Crippen LogP contribution in [0.1, 0.15) is 46.5 Å². The minimum Gasteiger partial charge on any atom is -0.356 e. The van der Waals surface area contributed by atoms with Gasteiger partial charge in [-0.1, -0.05) is 20.3 Å². The lowest BCUT2D eigenvalue weighted by atomic mass is 9.72. The van der Waals surface area contributed by atoms with Gasteiger partial charge in [0.25, 0.3) is 0 Å². The summed E-state index contributed by atoms with van der Waals surface area (Å²) >= 11 is 0. The fraction of sp³-hybridized carbons (Fsp3) is 0.909. The molecule has 2 heteroatoms. The van der Waals surface area contributed by atoms with E-state index in [0.29, 0.717) is 5.41 Å². The summed E-state index contributed by atoms with van der Waals surface area (Å²) in [5, 5.41) is 2.91. The van der Waals surface area contributed by atoms with Crippen molar-refractivity contribution < 1.29 is 4.79 Å². The second-order valence-corrected chi connectivity index (χ2v) is 4.85. The Morgan fingerprint density at radius 1 is 1.54 bits per heavy atom.